The first-order valence-electron chi connectivity index (χ1n) is 7.56. The van der Waals surface area contributed by atoms with Crippen LogP contribution < -0.4 is 5.73 Å². The summed E-state index contributed by atoms with van der Waals surface area (Å²) in [4.78, 5) is 21.3. The number of hydrogen-bond acceptors (Lipinski definition) is 6. The van der Waals surface area contributed by atoms with Gasteiger partial charge in [0.25, 0.3) is 0 Å². The van der Waals surface area contributed by atoms with Crippen molar-refractivity contribution in [3.8, 4) is 0 Å². The van der Waals surface area contributed by atoms with E-state index in [0.29, 0.717) is 0 Å². The van der Waals surface area contributed by atoms with Gasteiger partial charge in [-0.1, -0.05) is 0 Å². The van der Waals surface area contributed by atoms with Gasteiger partial charge in [0.15, 0.2) is 0 Å². The Morgan fingerprint density at radius 2 is 1.96 bits per heavy atom. The van der Waals surface area contributed by atoms with Crippen LogP contribution in [0.5, 0.6) is 0 Å². The van der Waals surface area contributed by atoms with Gasteiger partial charge >= 0.3 is 0 Å². The Morgan fingerprint density at radius 3 is 2.42 bits per heavy atom. The van der Waals surface area contributed by atoms with E-state index in [4.69, 9.17) is 5.73 Å². The van der Waals surface area contributed by atoms with Crippen molar-refractivity contribution in [3.05, 3.63) is 16.1 Å². The summed E-state index contributed by atoms with van der Waals surface area (Å²) in [5.74, 6) is 0.0727. The zero-order valence-electron chi connectivity index (χ0n) is 14.7. The molecule has 5 nitrogen and oxygen atoms in total. The van der Waals surface area contributed by atoms with Gasteiger partial charge in [-0.15, -0.1) is 36.2 Å². The largest absolute Gasteiger partial charge is 0.339 e. The molecule has 0 spiro atoms. The number of thioether (sulfide) groups is 1. The van der Waals surface area contributed by atoms with Crippen molar-refractivity contribution in [2.45, 2.75) is 38.1 Å². The third-order valence-corrected chi connectivity index (χ3v) is 6.41. The second kappa shape index (κ2) is 10.2. The number of halogens is 2. The molecule has 1 saturated heterocycles. The number of carbonyl (C=O) groups excluding carboxylic acids is 1. The first-order chi connectivity index (χ1) is 10.3. The molecular weight excluding hydrogens is 387 g/mol. The molecule has 1 amide bonds. The Kier molecular flexibility index (Phi) is 10.2. The van der Waals surface area contributed by atoms with Crippen LogP contribution in [-0.2, 0) is 11.3 Å². The number of piperazine rings is 1. The lowest BCUT2D eigenvalue weighted by Gasteiger charge is -2.38. The summed E-state index contributed by atoms with van der Waals surface area (Å²) in [6, 6.07) is -0.449. The number of thiazole rings is 1. The maximum absolute atomic E-state index is 12.5. The van der Waals surface area contributed by atoms with Gasteiger partial charge in [-0.3, -0.25) is 9.69 Å². The molecule has 24 heavy (non-hydrogen) atoms. The van der Waals surface area contributed by atoms with E-state index < -0.39 is 6.04 Å². The van der Waals surface area contributed by atoms with E-state index in [9.17, 15) is 4.79 Å². The zero-order valence-corrected chi connectivity index (χ0v) is 17.9. The summed E-state index contributed by atoms with van der Waals surface area (Å²) in [7, 11) is 0. The smallest absolute Gasteiger partial charge is 0.240 e. The van der Waals surface area contributed by atoms with Crippen LogP contribution in [-0.4, -0.2) is 63.9 Å². The Labute approximate surface area is 165 Å². The van der Waals surface area contributed by atoms with Crippen molar-refractivity contribution in [2.24, 2.45) is 5.73 Å². The zero-order chi connectivity index (χ0) is 16.3. The second-order valence-corrected chi connectivity index (χ2v) is 8.77. The lowest BCUT2D eigenvalue weighted by molar-refractivity contribution is -0.135. The fourth-order valence-corrected chi connectivity index (χ4v) is 3.42. The molecule has 9 heteroatoms. The third-order valence-electron chi connectivity index (χ3n) is 4.28. The summed E-state index contributed by atoms with van der Waals surface area (Å²) in [6.45, 7) is 10.2. The van der Waals surface area contributed by atoms with Crippen molar-refractivity contribution < 1.29 is 4.79 Å². The summed E-state index contributed by atoms with van der Waals surface area (Å²) >= 11 is 3.33. The van der Waals surface area contributed by atoms with Gasteiger partial charge in [-0.2, -0.15) is 11.8 Å². The summed E-state index contributed by atoms with van der Waals surface area (Å²) in [5.41, 5.74) is 7.29. The summed E-state index contributed by atoms with van der Waals surface area (Å²) in [5, 5.41) is 3.22. The number of aromatic nitrogens is 1. The van der Waals surface area contributed by atoms with E-state index >= 15 is 0 Å². The van der Waals surface area contributed by atoms with Crippen molar-refractivity contribution in [3.63, 3.8) is 0 Å². The average Bonchev–Trinajstić information content (AvgIpc) is 2.91. The normalized spacial score (nSPS) is 17.0. The minimum absolute atomic E-state index is 0. The van der Waals surface area contributed by atoms with Gasteiger partial charge in [0.1, 0.15) is 0 Å². The highest BCUT2D eigenvalue weighted by Crippen LogP contribution is 2.25. The van der Waals surface area contributed by atoms with E-state index in [2.05, 4.69) is 15.3 Å². The lowest BCUT2D eigenvalue weighted by Crippen LogP contribution is -2.57. The number of amides is 1. The number of rotatable bonds is 5. The highest BCUT2D eigenvalue weighted by atomic mass is 35.5. The molecule has 2 rings (SSSR count). The molecule has 0 aliphatic carbocycles. The van der Waals surface area contributed by atoms with E-state index in [1.807, 2.05) is 31.9 Å². The van der Waals surface area contributed by atoms with Crippen LogP contribution in [0, 0.1) is 6.92 Å². The minimum Gasteiger partial charge on any atom is -0.339 e. The molecule has 1 aromatic heterocycles. The number of nitrogens with two attached hydrogens (primary N) is 1. The molecule has 1 aliphatic rings. The second-order valence-electron chi connectivity index (χ2n) is 6.24. The first-order valence-corrected chi connectivity index (χ1v) is 9.67. The molecule has 2 heterocycles. The van der Waals surface area contributed by atoms with Crippen LogP contribution in [0.15, 0.2) is 5.38 Å². The molecule has 0 aromatic carbocycles. The fourth-order valence-electron chi connectivity index (χ4n) is 2.46. The quantitative estimate of drug-likeness (QED) is 0.800. The molecule has 1 aromatic rings. The number of aryl methyl sites for hydroxylation is 1. The van der Waals surface area contributed by atoms with Crippen LogP contribution in [0.25, 0.3) is 0 Å². The first kappa shape index (κ1) is 23.9. The van der Waals surface area contributed by atoms with E-state index in [1.54, 1.807) is 23.1 Å². The van der Waals surface area contributed by atoms with Gasteiger partial charge in [-0.25, -0.2) is 4.98 Å². The highest BCUT2D eigenvalue weighted by molar-refractivity contribution is 8.00. The molecule has 0 saturated carbocycles. The summed E-state index contributed by atoms with van der Waals surface area (Å²) < 4.78 is -0.230. The van der Waals surface area contributed by atoms with Gasteiger partial charge in [0, 0.05) is 42.9 Å². The lowest BCUT2D eigenvalue weighted by atomic mass is 10.0. The Hall–Kier alpha value is -0.0500. The van der Waals surface area contributed by atoms with Gasteiger partial charge in [-0.05, 0) is 27.0 Å². The molecule has 0 bridgehead atoms. The van der Waals surface area contributed by atoms with E-state index in [0.717, 1.165) is 43.4 Å². The van der Waals surface area contributed by atoms with Crippen molar-refractivity contribution in [2.75, 3.05) is 32.4 Å². The number of hydrogen-bond donors (Lipinski definition) is 1. The minimum atomic E-state index is -0.449. The average molecular weight is 415 g/mol. The molecule has 140 valence electrons. The Balaban J connectivity index is 0.00000264. The van der Waals surface area contributed by atoms with Crippen LogP contribution in [0.3, 0.4) is 0 Å². The van der Waals surface area contributed by atoms with Crippen molar-refractivity contribution in [1.29, 1.82) is 0 Å². The Bertz CT molecular complexity index is 519. The molecule has 1 fully saturated rings. The topological polar surface area (TPSA) is 62.5 Å². The fraction of sp³-hybridized carbons (Fsp3) is 0.733. The maximum atomic E-state index is 12.5. The number of carbonyl (C=O) groups is 1. The van der Waals surface area contributed by atoms with Crippen LogP contribution in [0.1, 0.15) is 24.5 Å². The molecule has 1 aliphatic heterocycles. The van der Waals surface area contributed by atoms with Gasteiger partial charge < -0.3 is 10.6 Å². The van der Waals surface area contributed by atoms with Crippen molar-refractivity contribution in [1.82, 2.24) is 14.8 Å². The Morgan fingerprint density at radius 1 is 1.38 bits per heavy atom. The van der Waals surface area contributed by atoms with Gasteiger partial charge in [0.05, 0.1) is 16.7 Å². The van der Waals surface area contributed by atoms with Crippen LogP contribution >= 0.6 is 47.9 Å². The molecule has 2 N–H and O–H groups in total. The van der Waals surface area contributed by atoms with Crippen LogP contribution in [0.2, 0.25) is 0 Å². The number of nitrogens with zero attached hydrogens (tertiary/aromatic N) is 3. The standard InChI is InChI=1S/C15H26N4OS2.2ClH/c1-11-17-12(10-22-11)9-18-5-7-19(8-6-18)14(20)13(16)15(2,3)21-4;;/h10,13H,5-9,16H2,1-4H3;2*1H/t13-;;/m1../s1. The molecular formula is C15H28Cl2N4OS2. The molecule has 0 unspecified atom stereocenters. The summed E-state index contributed by atoms with van der Waals surface area (Å²) in [6.07, 6.45) is 2.00. The monoisotopic (exact) mass is 414 g/mol. The molecule has 0 radical (unpaired) electrons. The predicted octanol–water partition coefficient (Wildman–Crippen LogP) is 2.41. The van der Waals surface area contributed by atoms with E-state index in [1.165, 1.54) is 0 Å². The SMILES string of the molecule is CSC(C)(C)[C@H](N)C(=O)N1CCN(Cc2csc(C)n2)CC1.Cl.Cl. The molecule has 1 atom stereocenters. The highest BCUT2D eigenvalue weighted by Gasteiger charge is 2.35. The van der Waals surface area contributed by atoms with E-state index in [-0.39, 0.29) is 35.5 Å². The van der Waals surface area contributed by atoms with Crippen molar-refractivity contribution >= 4 is 53.8 Å². The van der Waals surface area contributed by atoms with Gasteiger partial charge in [0.2, 0.25) is 5.91 Å². The maximum Gasteiger partial charge on any atom is 0.240 e. The third kappa shape index (κ3) is 6.04. The van der Waals surface area contributed by atoms with Crippen LogP contribution in [0.4, 0.5) is 0 Å². The predicted molar refractivity (Wildman–Crippen MR) is 109 cm³/mol.